The molecule has 0 radical (unpaired) electrons. The lowest BCUT2D eigenvalue weighted by Gasteiger charge is -2.33. The van der Waals surface area contributed by atoms with Gasteiger partial charge in [-0.05, 0) is 107 Å². The van der Waals surface area contributed by atoms with Crippen LogP contribution in [0.4, 0.5) is 0 Å². The maximum Gasteiger partial charge on any atom is 0.434 e. The number of hydrogen-bond donors (Lipinski definition) is 0. The molecule has 2 aliphatic rings. The SMILES string of the molecule is c1ccc2c(c1)OB1c3cc(-c4ccc(-n5c6ccccc6c6ccccc65)cc4)ccc3Oc3cc(-c4ccc5oc6ccc7c8ccccc8oc7c6c5c4)cc-2c31. The molecule has 0 N–H and O–H groups in total. The first kappa shape index (κ1) is 32.1. The minimum absolute atomic E-state index is 0.332. The molecule has 0 unspecified atom stereocenters. The fourth-order valence-corrected chi connectivity index (χ4v) is 9.94. The quantitative estimate of drug-likeness (QED) is 0.168. The second kappa shape index (κ2) is 11.8. The summed E-state index contributed by atoms with van der Waals surface area (Å²) in [6.07, 6.45) is 0. The van der Waals surface area contributed by atoms with E-state index >= 15 is 0 Å². The minimum atomic E-state index is -0.332. The molecule has 12 aromatic rings. The number of furan rings is 2. The molecule has 14 rings (SSSR count). The van der Waals surface area contributed by atoms with Gasteiger partial charge >= 0.3 is 6.92 Å². The normalized spacial score (nSPS) is 12.9. The Bertz CT molecular complexity index is 3740. The van der Waals surface area contributed by atoms with Gasteiger partial charge in [-0.3, -0.25) is 0 Å². The summed E-state index contributed by atoms with van der Waals surface area (Å²) in [5.74, 6) is 2.45. The largest absolute Gasteiger partial charge is 0.551 e. The number of benzene rings is 9. The van der Waals surface area contributed by atoms with Gasteiger partial charge < -0.3 is 22.8 Å². The van der Waals surface area contributed by atoms with Gasteiger partial charge in [0.2, 0.25) is 0 Å². The first-order valence-electron chi connectivity index (χ1n) is 20.3. The van der Waals surface area contributed by atoms with E-state index in [9.17, 15) is 0 Å². The van der Waals surface area contributed by atoms with Gasteiger partial charge in [-0.15, -0.1) is 0 Å². The number of ether oxygens (including phenoxy) is 1. The Kier molecular flexibility index (Phi) is 6.31. The molecule has 0 spiro atoms. The zero-order chi connectivity index (χ0) is 39.1. The fraction of sp³-hybridized carbons (Fsp3) is 0. The predicted octanol–water partition coefficient (Wildman–Crippen LogP) is 13.2. The zero-order valence-corrected chi connectivity index (χ0v) is 32.0. The molecule has 278 valence electrons. The Morgan fingerprint density at radius 3 is 1.93 bits per heavy atom. The number of aromatic nitrogens is 1. The van der Waals surface area contributed by atoms with Crippen molar-refractivity contribution in [2.45, 2.75) is 0 Å². The van der Waals surface area contributed by atoms with Crippen molar-refractivity contribution in [1.82, 2.24) is 4.57 Å². The highest BCUT2D eigenvalue weighted by molar-refractivity contribution is 6.84. The summed E-state index contributed by atoms with van der Waals surface area (Å²) in [4.78, 5) is 0. The summed E-state index contributed by atoms with van der Waals surface area (Å²) < 4.78 is 29.0. The van der Waals surface area contributed by atoms with Crippen molar-refractivity contribution in [2.75, 3.05) is 0 Å². The fourth-order valence-electron chi connectivity index (χ4n) is 9.94. The Morgan fingerprint density at radius 2 is 1.08 bits per heavy atom. The van der Waals surface area contributed by atoms with Gasteiger partial charge in [0, 0.05) is 49.1 Å². The Labute approximate surface area is 343 Å². The smallest absolute Gasteiger partial charge is 0.434 e. The Hall–Kier alpha value is -7.96. The van der Waals surface area contributed by atoms with Crippen LogP contribution in [0.2, 0.25) is 0 Å². The molecule has 60 heavy (non-hydrogen) atoms. The van der Waals surface area contributed by atoms with Crippen molar-refractivity contribution >= 4 is 83.5 Å². The Balaban J connectivity index is 0.878. The summed E-state index contributed by atoms with van der Waals surface area (Å²) in [7, 11) is 0. The van der Waals surface area contributed by atoms with Crippen molar-refractivity contribution in [1.29, 1.82) is 0 Å². The molecule has 2 aliphatic heterocycles. The van der Waals surface area contributed by atoms with Gasteiger partial charge in [0.1, 0.15) is 39.6 Å². The van der Waals surface area contributed by atoms with Crippen LogP contribution in [-0.2, 0) is 0 Å². The third-order valence-corrected chi connectivity index (χ3v) is 12.7. The molecule has 0 atom stereocenters. The first-order valence-corrected chi connectivity index (χ1v) is 20.3. The first-order chi connectivity index (χ1) is 29.7. The van der Waals surface area contributed by atoms with Crippen molar-refractivity contribution in [3.8, 4) is 56.3 Å². The van der Waals surface area contributed by atoms with E-state index in [1.807, 2.05) is 18.2 Å². The molecular formula is C54H30BNO4. The lowest BCUT2D eigenvalue weighted by molar-refractivity contribution is 0.479. The standard InChI is InChI=1S/C54H30BNO4/c1-5-13-44-36(9-1)37-10-2-6-14-45(37)56(44)35-21-17-31(18-22-35)33-20-25-49-43(29-33)55-53-41(39-12-4-8-16-48(39)60-55)28-34(30-51(53)58-49)32-19-24-47-42(27-32)52-50(57-47)26-23-40-38-11-3-7-15-46(38)59-54(40)52/h1-30H. The average molecular weight is 768 g/mol. The zero-order valence-electron chi connectivity index (χ0n) is 32.0. The van der Waals surface area contributed by atoms with Crippen LogP contribution < -0.4 is 20.3 Å². The molecule has 0 amide bonds. The van der Waals surface area contributed by atoms with Gasteiger partial charge in [0.15, 0.2) is 0 Å². The van der Waals surface area contributed by atoms with Gasteiger partial charge in [0.05, 0.1) is 16.4 Å². The molecule has 9 aromatic carbocycles. The van der Waals surface area contributed by atoms with E-state index in [1.54, 1.807) is 0 Å². The average Bonchev–Trinajstić information content (AvgIpc) is 3.98. The summed E-state index contributed by atoms with van der Waals surface area (Å²) >= 11 is 0. The monoisotopic (exact) mass is 767 g/mol. The number of fused-ring (bicyclic) bond motifs is 14. The van der Waals surface area contributed by atoms with Crippen LogP contribution in [0.15, 0.2) is 191 Å². The maximum absolute atomic E-state index is 6.91. The van der Waals surface area contributed by atoms with E-state index in [0.717, 1.165) is 111 Å². The third kappa shape index (κ3) is 4.42. The molecule has 0 bridgehead atoms. The van der Waals surface area contributed by atoms with Crippen LogP contribution in [0.25, 0.3) is 105 Å². The van der Waals surface area contributed by atoms with Crippen LogP contribution in [0, 0.1) is 0 Å². The lowest BCUT2D eigenvalue weighted by atomic mass is 9.50. The molecule has 5 heterocycles. The predicted molar refractivity (Wildman–Crippen MR) is 244 cm³/mol. The highest BCUT2D eigenvalue weighted by Gasteiger charge is 2.41. The topological polar surface area (TPSA) is 49.7 Å². The summed E-state index contributed by atoms with van der Waals surface area (Å²) in [5.41, 5.74) is 15.4. The van der Waals surface area contributed by atoms with Crippen LogP contribution >= 0.6 is 0 Å². The van der Waals surface area contributed by atoms with Crippen LogP contribution in [0.1, 0.15) is 0 Å². The van der Waals surface area contributed by atoms with E-state index in [-0.39, 0.29) is 6.92 Å². The summed E-state index contributed by atoms with van der Waals surface area (Å²) in [6, 6.07) is 64.1. The third-order valence-electron chi connectivity index (χ3n) is 12.7. The van der Waals surface area contributed by atoms with Crippen LogP contribution in [0.5, 0.6) is 17.2 Å². The lowest BCUT2D eigenvalue weighted by Crippen LogP contribution is -2.53. The minimum Gasteiger partial charge on any atom is -0.551 e. The second-order valence-corrected chi connectivity index (χ2v) is 15.9. The summed E-state index contributed by atoms with van der Waals surface area (Å²) in [5, 5.41) is 6.69. The molecule has 0 fully saturated rings. The highest BCUT2D eigenvalue weighted by Crippen LogP contribution is 2.44. The van der Waals surface area contributed by atoms with Gasteiger partial charge in [-0.25, -0.2) is 0 Å². The molecule has 0 saturated carbocycles. The second-order valence-electron chi connectivity index (χ2n) is 15.9. The van der Waals surface area contributed by atoms with Gasteiger partial charge in [0.25, 0.3) is 0 Å². The van der Waals surface area contributed by atoms with Gasteiger partial charge in [-0.1, -0.05) is 103 Å². The number of para-hydroxylation sites is 4. The van der Waals surface area contributed by atoms with E-state index in [1.165, 1.54) is 21.8 Å². The van der Waals surface area contributed by atoms with Crippen molar-refractivity contribution in [3.05, 3.63) is 182 Å². The number of rotatable bonds is 3. The van der Waals surface area contributed by atoms with E-state index in [4.69, 9.17) is 18.2 Å². The maximum atomic E-state index is 6.91. The Morgan fingerprint density at radius 1 is 0.400 bits per heavy atom. The van der Waals surface area contributed by atoms with Crippen molar-refractivity contribution in [2.24, 2.45) is 0 Å². The van der Waals surface area contributed by atoms with E-state index in [0.29, 0.717) is 0 Å². The van der Waals surface area contributed by atoms with Crippen molar-refractivity contribution in [3.63, 3.8) is 0 Å². The summed E-state index contributed by atoms with van der Waals surface area (Å²) in [6.45, 7) is -0.332. The van der Waals surface area contributed by atoms with Crippen LogP contribution in [0.3, 0.4) is 0 Å². The number of nitrogens with zero attached hydrogens (tertiary/aromatic N) is 1. The molecule has 5 nitrogen and oxygen atoms in total. The molecule has 0 saturated heterocycles. The van der Waals surface area contributed by atoms with Crippen molar-refractivity contribution < 1.29 is 18.2 Å². The van der Waals surface area contributed by atoms with Crippen LogP contribution in [-0.4, -0.2) is 11.5 Å². The molecular weight excluding hydrogens is 737 g/mol. The highest BCUT2D eigenvalue weighted by atomic mass is 16.5. The molecule has 0 aliphatic carbocycles. The molecule has 3 aromatic heterocycles. The number of hydrogen-bond acceptors (Lipinski definition) is 4. The van der Waals surface area contributed by atoms with E-state index < -0.39 is 0 Å². The van der Waals surface area contributed by atoms with E-state index in [2.05, 4.69) is 168 Å². The molecule has 6 heteroatoms. The van der Waals surface area contributed by atoms with Gasteiger partial charge in [-0.2, -0.15) is 0 Å².